The highest BCUT2D eigenvalue weighted by Crippen LogP contribution is 2.61. The molecule has 15 nitrogen and oxygen atoms in total. The number of nitriles is 1. The van der Waals surface area contributed by atoms with Crippen LogP contribution in [0.3, 0.4) is 0 Å². The lowest BCUT2D eigenvalue weighted by molar-refractivity contribution is -0.120. The summed E-state index contributed by atoms with van der Waals surface area (Å²) in [6.45, 7) is 9.07. The van der Waals surface area contributed by atoms with Gasteiger partial charge in [-0.15, -0.1) is 0 Å². The lowest BCUT2D eigenvalue weighted by Crippen LogP contribution is -2.39. The quantitative estimate of drug-likeness (QED) is 0.0333. The van der Waals surface area contributed by atoms with Crippen molar-refractivity contribution in [2.75, 3.05) is 56.3 Å². The Hall–Kier alpha value is -7.01. The number of hydrogen-bond donors (Lipinski definition) is 4. The molecule has 0 aliphatic heterocycles. The minimum Gasteiger partial charge on any atom is -0.495 e. The van der Waals surface area contributed by atoms with Crippen molar-refractivity contribution in [1.29, 1.82) is 5.26 Å². The molecular formula is C63H72Cl2F4N10O5. The topological polar surface area (TPSA) is 192 Å². The fourth-order valence-corrected chi connectivity index (χ4v) is 12.7. The third-order valence-corrected chi connectivity index (χ3v) is 17.1. The van der Waals surface area contributed by atoms with Crippen LogP contribution in [0.5, 0.6) is 5.75 Å². The first kappa shape index (κ1) is 61.5. The lowest BCUT2D eigenvalue weighted by Gasteiger charge is -2.38. The van der Waals surface area contributed by atoms with Gasteiger partial charge < -0.3 is 35.3 Å². The molecule has 0 bridgehead atoms. The van der Waals surface area contributed by atoms with E-state index in [1.165, 1.54) is 62.7 Å². The number of nitrogens with one attached hydrogen (secondary N) is 4. The molecule has 3 aromatic carbocycles. The molecule has 9 rings (SSSR count). The number of rotatable bonds is 24. The van der Waals surface area contributed by atoms with Crippen LogP contribution in [0.4, 0.5) is 34.8 Å². The van der Waals surface area contributed by atoms with Crippen molar-refractivity contribution in [2.45, 2.75) is 122 Å². The van der Waals surface area contributed by atoms with E-state index < -0.39 is 58.7 Å². The van der Waals surface area contributed by atoms with Gasteiger partial charge in [0, 0.05) is 65.6 Å². The zero-order valence-electron chi connectivity index (χ0n) is 47.9. The van der Waals surface area contributed by atoms with Gasteiger partial charge in [0.1, 0.15) is 29.5 Å². The third kappa shape index (κ3) is 14.5. The minimum absolute atomic E-state index is 0.0199. The molecule has 3 saturated carbocycles. The van der Waals surface area contributed by atoms with Crippen LogP contribution in [-0.2, 0) is 10.2 Å². The molecule has 3 fully saturated rings. The van der Waals surface area contributed by atoms with Crippen molar-refractivity contribution in [3.63, 3.8) is 0 Å². The number of carbonyl (C=O) groups excluding carboxylic acids is 3. The summed E-state index contributed by atoms with van der Waals surface area (Å²) in [5.74, 6) is -3.68. The van der Waals surface area contributed by atoms with Gasteiger partial charge in [0.15, 0.2) is 11.4 Å². The average Bonchev–Trinajstić information content (AvgIpc) is 2.02. The summed E-state index contributed by atoms with van der Waals surface area (Å²) in [7, 11) is 3.52. The number of oxazole rings is 1. The van der Waals surface area contributed by atoms with Crippen LogP contribution in [0.2, 0.25) is 10.0 Å². The molecule has 84 heavy (non-hydrogen) atoms. The number of nitrogens with zero attached hydrogens (tertiary/aromatic N) is 6. The van der Waals surface area contributed by atoms with E-state index in [-0.39, 0.29) is 73.7 Å². The summed E-state index contributed by atoms with van der Waals surface area (Å²) in [5.41, 5.74) is -1.44. The molecule has 6 aromatic rings. The van der Waals surface area contributed by atoms with Crippen LogP contribution in [0.25, 0.3) is 11.5 Å². The number of halogens is 6. The van der Waals surface area contributed by atoms with Gasteiger partial charge in [0.2, 0.25) is 11.8 Å². The molecule has 3 amide bonds. The normalized spacial score (nSPS) is 20.6. The summed E-state index contributed by atoms with van der Waals surface area (Å²) in [6, 6.07) is 19.0. The summed E-state index contributed by atoms with van der Waals surface area (Å²) in [6.07, 6.45) is 11.3. The molecule has 3 aromatic heterocycles. The molecule has 4 N–H and O–H groups in total. The predicted molar refractivity (Wildman–Crippen MR) is 316 cm³/mol. The maximum absolute atomic E-state index is 16.2. The number of pyridine rings is 1. The van der Waals surface area contributed by atoms with E-state index >= 15 is 8.78 Å². The zero-order chi connectivity index (χ0) is 59.9. The number of ether oxygens (including phenoxy) is 1. The summed E-state index contributed by atoms with van der Waals surface area (Å²) in [5, 5.41) is 27.2. The maximum Gasteiger partial charge on any atom is 0.284 e. The maximum atomic E-state index is 16.2. The smallest absolute Gasteiger partial charge is 0.284 e. The summed E-state index contributed by atoms with van der Waals surface area (Å²) < 4.78 is 73.7. The molecule has 0 saturated heterocycles. The highest BCUT2D eigenvalue weighted by molar-refractivity contribution is 6.31. The predicted octanol–water partition coefficient (Wildman–Crippen LogP) is 14.4. The van der Waals surface area contributed by atoms with Crippen LogP contribution in [0.15, 0.2) is 89.8 Å². The van der Waals surface area contributed by atoms with E-state index in [0.717, 1.165) is 77.1 Å². The van der Waals surface area contributed by atoms with E-state index in [2.05, 4.69) is 54.4 Å². The monoisotopic (exact) mass is 1190 g/mol. The fourth-order valence-electron chi connectivity index (χ4n) is 12.3. The van der Waals surface area contributed by atoms with Crippen molar-refractivity contribution < 1.29 is 41.1 Å². The molecule has 21 heteroatoms. The Labute approximate surface area is 497 Å². The first-order valence-electron chi connectivity index (χ1n) is 28.9. The molecule has 3 aliphatic carbocycles. The number of methoxy groups -OCH3 is 1. The van der Waals surface area contributed by atoms with Crippen molar-refractivity contribution in [3.8, 4) is 23.3 Å². The van der Waals surface area contributed by atoms with Crippen LogP contribution >= 0.6 is 23.2 Å². The SMILES string of the molecule is COc1cc(C(=O)NCCCCCCN(C)CC2CCC(n3cc(NC(=O)c4coc(-c5ccnc(NCC6CC6)c5)n4)c(C(F)F)n3)CC2)ccc1NC(=O)[C@@H]1C[C@@H](CC(C)(C)C)[C@](C#N)(c2ccc(Cl)cc2F)[C@H]1c1cccc(Cl)c1F. The summed E-state index contributed by atoms with van der Waals surface area (Å²) in [4.78, 5) is 52.3. The van der Waals surface area contributed by atoms with E-state index in [1.54, 1.807) is 41.2 Å². The van der Waals surface area contributed by atoms with E-state index in [4.69, 9.17) is 32.4 Å². The van der Waals surface area contributed by atoms with Gasteiger partial charge in [-0.05, 0) is 155 Å². The molecule has 0 unspecified atom stereocenters. The van der Waals surface area contributed by atoms with Gasteiger partial charge in [0.05, 0.1) is 41.0 Å². The molecule has 3 heterocycles. The number of aromatic nitrogens is 4. The van der Waals surface area contributed by atoms with Crippen molar-refractivity contribution in [3.05, 3.63) is 135 Å². The van der Waals surface area contributed by atoms with Crippen LogP contribution in [0.1, 0.15) is 154 Å². The molecule has 0 radical (unpaired) electrons. The third-order valence-electron chi connectivity index (χ3n) is 16.6. The van der Waals surface area contributed by atoms with Crippen LogP contribution in [0, 0.1) is 52.1 Å². The van der Waals surface area contributed by atoms with E-state index in [9.17, 15) is 28.4 Å². The van der Waals surface area contributed by atoms with Gasteiger partial charge in [-0.2, -0.15) is 10.4 Å². The standard InChI is InChI=1S/C63H72Cl2F4N10O5/c1-62(2,3)31-41-29-45(54(44-11-10-12-47(65)55(44)67)63(41,36-70)46-21-18-42(64)30-48(46)66)59(81)74-49-22-17-39(27-52(49)83-5)58(80)72-24-8-6-7-9-26-78(4)33-38-15-19-43(20-16-38)79-34-50(56(77-79)57(68)69)75-60(82)51-35-84-61(76-51)40-23-25-71-53(28-40)73-32-37-13-14-37/h10-12,17-18,21-23,25,27-28,30,34-35,37-38,41,43,45,54,57H,6-9,13-16,19-20,24,26,29,31-33H2,1-5H3,(H,71,73)(H,72,80)(H,74,81)(H,75,82)/t38?,41-,43?,45+,54-,63+/m0/s1. The Morgan fingerprint density at radius 2 is 1.69 bits per heavy atom. The highest BCUT2D eigenvalue weighted by Gasteiger charge is 2.61. The Morgan fingerprint density at radius 1 is 0.929 bits per heavy atom. The fraction of sp³-hybridized carbons (Fsp3) is 0.476. The Bertz CT molecular complexity index is 3350. The van der Waals surface area contributed by atoms with Crippen LogP contribution in [-0.4, -0.2) is 82.7 Å². The van der Waals surface area contributed by atoms with Gasteiger partial charge >= 0.3 is 0 Å². The van der Waals surface area contributed by atoms with Crippen molar-refractivity contribution in [2.24, 2.45) is 29.1 Å². The van der Waals surface area contributed by atoms with Gasteiger partial charge in [0.25, 0.3) is 18.2 Å². The molecule has 3 aliphatic rings. The first-order chi connectivity index (χ1) is 40.2. The Balaban J connectivity index is 0.718. The molecule has 4 atom stereocenters. The number of hydrogen-bond acceptors (Lipinski definition) is 11. The van der Waals surface area contributed by atoms with Gasteiger partial charge in [-0.25, -0.2) is 27.5 Å². The second-order valence-corrected chi connectivity index (χ2v) is 24.8. The number of unbranched alkanes of at least 4 members (excludes halogenated alkanes) is 3. The molecular weight excluding hydrogens is 1120 g/mol. The largest absolute Gasteiger partial charge is 0.495 e. The Kier molecular flexibility index (Phi) is 19.7. The number of alkyl halides is 2. The van der Waals surface area contributed by atoms with Crippen molar-refractivity contribution in [1.82, 2.24) is 30.0 Å². The lowest BCUT2D eigenvalue weighted by atomic mass is 9.62. The highest BCUT2D eigenvalue weighted by atomic mass is 35.5. The second-order valence-electron chi connectivity index (χ2n) is 24.0. The number of amides is 3. The number of benzene rings is 3. The average molecular weight is 1200 g/mol. The number of anilines is 3. The summed E-state index contributed by atoms with van der Waals surface area (Å²) >= 11 is 12.5. The van der Waals surface area contributed by atoms with E-state index in [1.807, 2.05) is 20.8 Å². The zero-order valence-corrected chi connectivity index (χ0v) is 49.4. The first-order valence-corrected chi connectivity index (χ1v) is 29.6. The molecule has 446 valence electrons. The number of carbonyl (C=O) groups is 3. The minimum atomic E-state index is -2.90. The second kappa shape index (κ2) is 26.9. The van der Waals surface area contributed by atoms with Gasteiger partial charge in [-0.3, -0.25) is 19.1 Å². The van der Waals surface area contributed by atoms with Crippen LogP contribution < -0.4 is 26.0 Å². The van der Waals surface area contributed by atoms with Gasteiger partial charge in [-0.1, -0.05) is 75.0 Å². The Morgan fingerprint density at radius 3 is 2.40 bits per heavy atom. The molecule has 0 spiro atoms. The van der Waals surface area contributed by atoms with Crippen molar-refractivity contribution >= 4 is 58.1 Å². The van der Waals surface area contributed by atoms with E-state index in [0.29, 0.717) is 41.7 Å².